The van der Waals surface area contributed by atoms with Gasteiger partial charge in [-0.3, -0.25) is 4.79 Å². The van der Waals surface area contributed by atoms with Crippen LogP contribution in [0.25, 0.3) is 22.6 Å². The number of aromatic nitrogens is 1. The number of aldehydes is 1. The maximum absolute atomic E-state index is 11.2. The molecule has 0 saturated carbocycles. The van der Waals surface area contributed by atoms with Crippen molar-refractivity contribution in [1.82, 2.24) is 4.98 Å². The Kier molecular flexibility index (Phi) is 5.38. The van der Waals surface area contributed by atoms with Crippen molar-refractivity contribution in [2.24, 2.45) is 0 Å². The minimum atomic E-state index is 0.0372. The van der Waals surface area contributed by atoms with Crippen LogP contribution in [0.4, 0.5) is 0 Å². The third-order valence-electron chi connectivity index (χ3n) is 4.47. The van der Waals surface area contributed by atoms with Crippen molar-refractivity contribution < 1.29 is 18.7 Å². The van der Waals surface area contributed by atoms with Crippen molar-refractivity contribution in [3.63, 3.8) is 0 Å². The van der Waals surface area contributed by atoms with E-state index < -0.39 is 0 Å². The van der Waals surface area contributed by atoms with Gasteiger partial charge in [-0.15, -0.1) is 0 Å². The number of carbonyl (C=O) groups excluding carboxylic acids is 1. The number of ether oxygens (including phenoxy) is 2. The number of hydrogen-bond donors (Lipinski definition) is 0. The standard InChI is InChI=1S/C24H19NO4/c1-27-20-11-9-19(10-12-20)24-23(25-22(15-26)29-24)18-7-13-21(14-8-18)28-16-17-5-3-2-4-6-17/h2-15H,16H2,1H3. The topological polar surface area (TPSA) is 61.6 Å². The van der Waals surface area contributed by atoms with Crippen LogP contribution in [0.5, 0.6) is 11.5 Å². The lowest BCUT2D eigenvalue weighted by Crippen LogP contribution is -1.94. The lowest BCUT2D eigenvalue weighted by molar-refractivity contribution is 0.109. The zero-order valence-electron chi connectivity index (χ0n) is 15.9. The molecule has 144 valence electrons. The quantitative estimate of drug-likeness (QED) is 0.398. The smallest absolute Gasteiger partial charge is 0.260 e. The molecule has 1 heterocycles. The van der Waals surface area contributed by atoms with Gasteiger partial charge < -0.3 is 13.9 Å². The molecule has 0 atom stereocenters. The van der Waals surface area contributed by atoms with E-state index in [4.69, 9.17) is 13.9 Å². The van der Waals surface area contributed by atoms with Gasteiger partial charge in [-0.05, 0) is 54.1 Å². The van der Waals surface area contributed by atoms with E-state index in [9.17, 15) is 4.79 Å². The number of nitrogens with zero attached hydrogens (tertiary/aromatic N) is 1. The zero-order valence-corrected chi connectivity index (χ0v) is 15.9. The van der Waals surface area contributed by atoms with Gasteiger partial charge in [0.1, 0.15) is 23.8 Å². The van der Waals surface area contributed by atoms with Crippen molar-refractivity contribution in [1.29, 1.82) is 0 Å². The van der Waals surface area contributed by atoms with Crippen LogP contribution in [0, 0.1) is 0 Å². The van der Waals surface area contributed by atoms with E-state index in [1.54, 1.807) is 7.11 Å². The summed E-state index contributed by atoms with van der Waals surface area (Å²) in [5, 5.41) is 0. The Hall–Kier alpha value is -3.86. The Balaban J connectivity index is 1.58. The van der Waals surface area contributed by atoms with Gasteiger partial charge in [0.25, 0.3) is 5.89 Å². The number of hydrogen-bond acceptors (Lipinski definition) is 5. The molecule has 0 radical (unpaired) electrons. The van der Waals surface area contributed by atoms with Gasteiger partial charge in [0, 0.05) is 11.1 Å². The fourth-order valence-corrected chi connectivity index (χ4v) is 2.97. The van der Waals surface area contributed by atoms with Crippen LogP contribution in [-0.2, 0) is 6.61 Å². The monoisotopic (exact) mass is 385 g/mol. The first-order valence-electron chi connectivity index (χ1n) is 9.14. The van der Waals surface area contributed by atoms with Gasteiger partial charge in [0.15, 0.2) is 5.76 Å². The summed E-state index contributed by atoms with van der Waals surface area (Å²) in [6, 6.07) is 25.0. The van der Waals surface area contributed by atoms with E-state index in [0.29, 0.717) is 24.3 Å². The Bertz CT molecular complexity index is 1080. The van der Waals surface area contributed by atoms with Crippen molar-refractivity contribution >= 4 is 6.29 Å². The van der Waals surface area contributed by atoms with Crippen LogP contribution < -0.4 is 9.47 Å². The molecular formula is C24H19NO4. The Labute approximate surface area is 168 Å². The molecule has 0 amide bonds. The first-order valence-corrected chi connectivity index (χ1v) is 9.14. The van der Waals surface area contributed by atoms with Crippen molar-refractivity contribution in [3.05, 3.63) is 90.3 Å². The molecule has 4 aromatic rings. The SMILES string of the molecule is COc1ccc(-c2oc(C=O)nc2-c2ccc(OCc3ccccc3)cc2)cc1. The van der Waals surface area contributed by atoms with Crippen LogP contribution >= 0.6 is 0 Å². The second kappa shape index (κ2) is 8.44. The summed E-state index contributed by atoms with van der Waals surface area (Å²) in [5.41, 5.74) is 3.35. The third-order valence-corrected chi connectivity index (χ3v) is 4.47. The highest BCUT2D eigenvalue weighted by atomic mass is 16.5. The average molecular weight is 385 g/mol. The molecule has 0 aliphatic heterocycles. The molecule has 0 N–H and O–H groups in total. The summed E-state index contributed by atoms with van der Waals surface area (Å²) in [7, 11) is 1.61. The van der Waals surface area contributed by atoms with E-state index in [-0.39, 0.29) is 5.89 Å². The van der Waals surface area contributed by atoms with Gasteiger partial charge >= 0.3 is 0 Å². The van der Waals surface area contributed by atoms with Crippen LogP contribution in [0.2, 0.25) is 0 Å². The van der Waals surface area contributed by atoms with Gasteiger partial charge in [-0.1, -0.05) is 30.3 Å². The lowest BCUT2D eigenvalue weighted by Gasteiger charge is -2.07. The third kappa shape index (κ3) is 4.19. The van der Waals surface area contributed by atoms with E-state index in [1.807, 2.05) is 78.9 Å². The molecule has 5 heteroatoms. The molecule has 0 fully saturated rings. The number of rotatable bonds is 7. The fraction of sp³-hybridized carbons (Fsp3) is 0.0833. The summed E-state index contributed by atoms with van der Waals surface area (Å²) >= 11 is 0. The van der Waals surface area contributed by atoms with Crippen LogP contribution in [0.15, 0.2) is 83.3 Å². The molecular weight excluding hydrogens is 366 g/mol. The predicted octanol–water partition coefficient (Wildman–Crippen LogP) is 5.41. The molecule has 29 heavy (non-hydrogen) atoms. The molecule has 0 saturated heterocycles. The maximum Gasteiger partial charge on any atom is 0.260 e. The van der Waals surface area contributed by atoms with Crippen LogP contribution in [0.3, 0.4) is 0 Å². The van der Waals surface area contributed by atoms with Crippen LogP contribution in [0.1, 0.15) is 16.2 Å². The number of methoxy groups -OCH3 is 1. The van der Waals surface area contributed by atoms with E-state index in [0.717, 1.165) is 28.2 Å². The molecule has 1 aromatic heterocycles. The van der Waals surface area contributed by atoms with E-state index >= 15 is 0 Å². The summed E-state index contributed by atoms with van der Waals surface area (Å²) in [4.78, 5) is 15.5. The van der Waals surface area contributed by atoms with Crippen molar-refractivity contribution in [2.45, 2.75) is 6.61 Å². The molecule has 3 aromatic carbocycles. The van der Waals surface area contributed by atoms with Gasteiger partial charge in [0.2, 0.25) is 6.29 Å². The number of oxazole rings is 1. The number of benzene rings is 3. The predicted molar refractivity (Wildman–Crippen MR) is 110 cm³/mol. The van der Waals surface area contributed by atoms with Crippen LogP contribution in [-0.4, -0.2) is 18.4 Å². The highest BCUT2D eigenvalue weighted by molar-refractivity contribution is 5.80. The second-order valence-corrected chi connectivity index (χ2v) is 6.37. The summed E-state index contributed by atoms with van der Waals surface area (Å²) in [6.07, 6.45) is 0.605. The summed E-state index contributed by atoms with van der Waals surface area (Å²) in [6.45, 7) is 0.497. The van der Waals surface area contributed by atoms with Crippen molar-refractivity contribution in [2.75, 3.05) is 7.11 Å². The summed E-state index contributed by atoms with van der Waals surface area (Å²) < 4.78 is 16.7. The molecule has 0 unspecified atom stereocenters. The average Bonchev–Trinajstić information content (AvgIpc) is 3.23. The van der Waals surface area contributed by atoms with Crippen molar-refractivity contribution in [3.8, 4) is 34.1 Å². The highest BCUT2D eigenvalue weighted by Crippen LogP contribution is 2.34. The molecule has 4 rings (SSSR count). The molecule has 5 nitrogen and oxygen atoms in total. The molecule has 0 aliphatic rings. The second-order valence-electron chi connectivity index (χ2n) is 6.37. The molecule has 0 spiro atoms. The Morgan fingerprint density at radius 3 is 2.17 bits per heavy atom. The molecule has 0 aliphatic carbocycles. The Morgan fingerprint density at radius 1 is 0.862 bits per heavy atom. The van der Waals surface area contributed by atoms with E-state index in [2.05, 4.69) is 4.98 Å². The first-order chi connectivity index (χ1) is 14.3. The lowest BCUT2D eigenvalue weighted by atomic mass is 10.1. The zero-order chi connectivity index (χ0) is 20.1. The minimum Gasteiger partial charge on any atom is -0.497 e. The first kappa shape index (κ1) is 18.5. The normalized spacial score (nSPS) is 10.5. The minimum absolute atomic E-state index is 0.0372. The molecule has 0 bridgehead atoms. The van der Waals surface area contributed by atoms with Gasteiger partial charge in [0.05, 0.1) is 7.11 Å². The van der Waals surface area contributed by atoms with Gasteiger partial charge in [-0.2, -0.15) is 0 Å². The largest absolute Gasteiger partial charge is 0.497 e. The summed E-state index contributed by atoms with van der Waals surface area (Å²) in [5.74, 6) is 2.07. The Morgan fingerprint density at radius 2 is 1.52 bits per heavy atom. The van der Waals surface area contributed by atoms with Gasteiger partial charge in [-0.25, -0.2) is 4.98 Å². The van der Waals surface area contributed by atoms with E-state index in [1.165, 1.54) is 0 Å². The highest BCUT2D eigenvalue weighted by Gasteiger charge is 2.17. The number of carbonyl (C=O) groups is 1. The maximum atomic E-state index is 11.2. The fourth-order valence-electron chi connectivity index (χ4n) is 2.97.